The first-order valence-corrected chi connectivity index (χ1v) is 7.74. The number of nitrogens with one attached hydrogen (secondary N) is 1. The molecule has 1 amide bonds. The van der Waals surface area contributed by atoms with E-state index in [-0.39, 0.29) is 18.1 Å². The maximum Gasteiger partial charge on any atom is 0.269 e. The molecule has 0 heterocycles. The minimum Gasteiger partial charge on any atom is -0.352 e. The van der Waals surface area contributed by atoms with Crippen LogP contribution in [-0.2, 0) is 11.3 Å². The van der Waals surface area contributed by atoms with Gasteiger partial charge in [-0.05, 0) is 31.5 Å². The molecule has 0 saturated heterocycles. The predicted molar refractivity (Wildman–Crippen MR) is 84.8 cm³/mol. The fraction of sp³-hybridized carbons (Fsp3) is 0.533. The quantitative estimate of drug-likeness (QED) is 0.644. The third-order valence-electron chi connectivity index (χ3n) is 3.81. The molecule has 0 atom stereocenters. The van der Waals surface area contributed by atoms with Gasteiger partial charge in [-0.25, -0.2) is 0 Å². The van der Waals surface area contributed by atoms with E-state index in [0.29, 0.717) is 23.2 Å². The van der Waals surface area contributed by atoms with E-state index in [1.807, 2.05) is 0 Å². The fourth-order valence-electron chi connectivity index (χ4n) is 2.73. The average Bonchev–Trinajstić information content (AvgIpc) is 2.93. The third-order valence-corrected chi connectivity index (χ3v) is 4.18. The Bertz CT molecular complexity index is 559. The monoisotopic (exact) mass is 325 g/mol. The SMILES string of the molecule is CN(CC(=O)NC1CCCC1)Cc1cc([N+](=O)[O-])ccc1Cl. The highest BCUT2D eigenvalue weighted by molar-refractivity contribution is 6.31. The van der Waals surface area contributed by atoms with Crippen LogP contribution in [-0.4, -0.2) is 35.4 Å². The maximum atomic E-state index is 12.0. The second kappa shape index (κ2) is 7.56. The Balaban J connectivity index is 1.90. The molecule has 1 aromatic rings. The van der Waals surface area contributed by atoms with Gasteiger partial charge in [0.15, 0.2) is 0 Å². The van der Waals surface area contributed by atoms with Crippen molar-refractivity contribution in [3.63, 3.8) is 0 Å². The second-order valence-electron chi connectivity index (χ2n) is 5.75. The van der Waals surface area contributed by atoms with Crippen LogP contribution in [0.2, 0.25) is 5.02 Å². The summed E-state index contributed by atoms with van der Waals surface area (Å²) < 4.78 is 0. The van der Waals surface area contributed by atoms with Crippen LogP contribution in [0.3, 0.4) is 0 Å². The molecular formula is C15H20ClN3O3. The lowest BCUT2D eigenvalue weighted by atomic mass is 10.2. The van der Waals surface area contributed by atoms with Gasteiger partial charge in [0.25, 0.3) is 5.69 Å². The summed E-state index contributed by atoms with van der Waals surface area (Å²) in [5, 5.41) is 14.3. The Morgan fingerprint density at radius 1 is 1.45 bits per heavy atom. The number of rotatable bonds is 6. The first-order chi connectivity index (χ1) is 10.5. The lowest BCUT2D eigenvalue weighted by Crippen LogP contribution is -2.39. The molecule has 1 aromatic carbocycles. The zero-order chi connectivity index (χ0) is 16.1. The van der Waals surface area contributed by atoms with Crippen molar-refractivity contribution < 1.29 is 9.72 Å². The number of non-ortho nitro benzene ring substituents is 1. The maximum absolute atomic E-state index is 12.0. The molecule has 0 aliphatic heterocycles. The molecule has 1 N–H and O–H groups in total. The zero-order valence-corrected chi connectivity index (χ0v) is 13.3. The number of nitro benzene ring substituents is 1. The molecule has 120 valence electrons. The van der Waals surface area contributed by atoms with E-state index in [1.54, 1.807) is 11.9 Å². The van der Waals surface area contributed by atoms with Gasteiger partial charge in [-0.15, -0.1) is 0 Å². The Kier molecular flexibility index (Phi) is 5.74. The number of likely N-dealkylation sites (N-methyl/N-ethyl adjacent to an activating group) is 1. The van der Waals surface area contributed by atoms with E-state index in [2.05, 4.69) is 5.32 Å². The van der Waals surface area contributed by atoms with Crippen molar-refractivity contribution in [2.24, 2.45) is 0 Å². The van der Waals surface area contributed by atoms with Crippen molar-refractivity contribution in [1.29, 1.82) is 0 Å². The van der Waals surface area contributed by atoms with E-state index < -0.39 is 4.92 Å². The van der Waals surface area contributed by atoms with Crippen LogP contribution in [0.4, 0.5) is 5.69 Å². The van der Waals surface area contributed by atoms with Crippen molar-refractivity contribution in [3.8, 4) is 0 Å². The summed E-state index contributed by atoms with van der Waals surface area (Å²) in [7, 11) is 1.80. The normalized spacial score (nSPS) is 15.2. The highest BCUT2D eigenvalue weighted by Crippen LogP contribution is 2.23. The van der Waals surface area contributed by atoms with E-state index in [9.17, 15) is 14.9 Å². The lowest BCUT2D eigenvalue weighted by Gasteiger charge is -2.19. The van der Waals surface area contributed by atoms with Gasteiger partial charge in [0.2, 0.25) is 5.91 Å². The Morgan fingerprint density at radius 2 is 2.14 bits per heavy atom. The number of hydrogen-bond donors (Lipinski definition) is 1. The van der Waals surface area contributed by atoms with Crippen LogP contribution in [0, 0.1) is 10.1 Å². The van der Waals surface area contributed by atoms with Gasteiger partial charge in [-0.1, -0.05) is 24.4 Å². The summed E-state index contributed by atoms with van der Waals surface area (Å²) in [6, 6.07) is 4.63. The second-order valence-corrected chi connectivity index (χ2v) is 6.16. The summed E-state index contributed by atoms with van der Waals surface area (Å²) >= 11 is 6.07. The van der Waals surface area contributed by atoms with E-state index in [0.717, 1.165) is 12.8 Å². The lowest BCUT2D eigenvalue weighted by molar-refractivity contribution is -0.384. The number of halogens is 1. The summed E-state index contributed by atoms with van der Waals surface area (Å²) in [6.07, 6.45) is 4.44. The number of carbonyl (C=O) groups excluding carboxylic acids is 1. The topological polar surface area (TPSA) is 75.5 Å². The van der Waals surface area contributed by atoms with Gasteiger partial charge in [-0.3, -0.25) is 19.8 Å². The van der Waals surface area contributed by atoms with Crippen molar-refractivity contribution in [2.75, 3.05) is 13.6 Å². The van der Waals surface area contributed by atoms with Crippen LogP contribution in [0.5, 0.6) is 0 Å². The summed E-state index contributed by atoms with van der Waals surface area (Å²) in [5.74, 6) is -0.0176. The largest absolute Gasteiger partial charge is 0.352 e. The number of amides is 1. The Hall–Kier alpha value is -1.66. The Labute approximate surface area is 134 Å². The molecule has 0 unspecified atom stereocenters. The zero-order valence-electron chi connectivity index (χ0n) is 12.5. The molecule has 22 heavy (non-hydrogen) atoms. The molecule has 1 aliphatic rings. The number of nitro groups is 1. The van der Waals surface area contributed by atoms with Gasteiger partial charge in [0, 0.05) is 29.7 Å². The van der Waals surface area contributed by atoms with Crippen LogP contribution in [0.1, 0.15) is 31.2 Å². The molecule has 0 aromatic heterocycles. The van der Waals surface area contributed by atoms with Gasteiger partial charge < -0.3 is 5.32 Å². The van der Waals surface area contributed by atoms with Gasteiger partial charge in [-0.2, -0.15) is 0 Å². The van der Waals surface area contributed by atoms with Crippen LogP contribution < -0.4 is 5.32 Å². The molecule has 2 rings (SSSR count). The summed E-state index contributed by atoms with van der Waals surface area (Å²) in [4.78, 5) is 24.1. The highest BCUT2D eigenvalue weighted by atomic mass is 35.5. The van der Waals surface area contributed by atoms with Gasteiger partial charge >= 0.3 is 0 Å². The van der Waals surface area contributed by atoms with Crippen LogP contribution in [0.25, 0.3) is 0 Å². The third kappa shape index (κ3) is 4.68. The minimum absolute atomic E-state index is 0.00297. The van der Waals surface area contributed by atoms with Crippen molar-refractivity contribution in [2.45, 2.75) is 38.3 Å². The van der Waals surface area contributed by atoms with E-state index in [4.69, 9.17) is 11.6 Å². The molecule has 0 spiro atoms. The minimum atomic E-state index is -0.452. The first kappa shape index (κ1) is 16.7. The molecule has 0 radical (unpaired) electrons. The molecule has 1 saturated carbocycles. The van der Waals surface area contributed by atoms with E-state index >= 15 is 0 Å². The van der Waals surface area contributed by atoms with E-state index in [1.165, 1.54) is 31.0 Å². The van der Waals surface area contributed by atoms with Crippen LogP contribution in [0.15, 0.2) is 18.2 Å². The smallest absolute Gasteiger partial charge is 0.269 e. The van der Waals surface area contributed by atoms with Crippen molar-refractivity contribution in [3.05, 3.63) is 38.9 Å². The molecule has 1 fully saturated rings. The van der Waals surface area contributed by atoms with Crippen molar-refractivity contribution in [1.82, 2.24) is 10.2 Å². The predicted octanol–water partition coefficient (Wildman–Crippen LogP) is 2.74. The summed E-state index contributed by atoms with van der Waals surface area (Å²) in [5.41, 5.74) is 0.648. The molecule has 0 bridgehead atoms. The Morgan fingerprint density at radius 3 is 2.77 bits per heavy atom. The van der Waals surface area contributed by atoms with Gasteiger partial charge in [0.1, 0.15) is 0 Å². The van der Waals surface area contributed by atoms with Crippen molar-refractivity contribution >= 4 is 23.2 Å². The molecule has 1 aliphatic carbocycles. The van der Waals surface area contributed by atoms with Crippen LogP contribution >= 0.6 is 11.6 Å². The molecule has 7 heteroatoms. The van der Waals surface area contributed by atoms with Gasteiger partial charge in [0.05, 0.1) is 11.5 Å². The number of hydrogen-bond acceptors (Lipinski definition) is 4. The summed E-state index contributed by atoms with van der Waals surface area (Å²) in [6.45, 7) is 0.633. The number of benzene rings is 1. The molecule has 6 nitrogen and oxygen atoms in total. The standard InChI is InChI=1S/C15H20ClN3O3/c1-18(10-15(20)17-12-4-2-3-5-12)9-11-8-13(19(21)22)6-7-14(11)16/h6-8,12H,2-5,9-10H2,1H3,(H,17,20). The number of carbonyl (C=O) groups is 1. The fourth-order valence-corrected chi connectivity index (χ4v) is 2.91. The molecular weight excluding hydrogens is 306 g/mol. The highest BCUT2D eigenvalue weighted by Gasteiger charge is 2.18. The number of nitrogens with zero attached hydrogens (tertiary/aromatic N) is 2. The first-order valence-electron chi connectivity index (χ1n) is 7.36. The average molecular weight is 326 g/mol.